The minimum Gasteiger partial charge on any atom is -0.380 e. The second-order valence-electron chi connectivity index (χ2n) is 4.23. The summed E-state index contributed by atoms with van der Waals surface area (Å²) in [6.07, 6.45) is 3.41. The lowest BCUT2D eigenvalue weighted by Crippen LogP contribution is -2.24. The van der Waals surface area contributed by atoms with Gasteiger partial charge in [0.05, 0.1) is 11.8 Å². The first-order chi connectivity index (χ1) is 8.33. The van der Waals surface area contributed by atoms with E-state index in [-0.39, 0.29) is 0 Å². The van der Waals surface area contributed by atoms with Crippen molar-refractivity contribution in [3.05, 3.63) is 17.3 Å². The molecule has 1 aliphatic heterocycles. The molecule has 0 saturated carbocycles. The minimum absolute atomic E-state index is 0.320. The Morgan fingerprint density at radius 3 is 3.24 bits per heavy atom. The highest BCUT2D eigenvalue weighted by Crippen LogP contribution is 2.27. The van der Waals surface area contributed by atoms with Crippen LogP contribution >= 0.6 is 11.3 Å². The van der Waals surface area contributed by atoms with Crippen molar-refractivity contribution in [2.45, 2.75) is 19.1 Å². The second-order valence-corrected chi connectivity index (χ2v) is 5.11. The molecule has 92 valence electrons. The van der Waals surface area contributed by atoms with Crippen LogP contribution in [-0.2, 0) is 11.3 Å². The number of nitrogens with two attached hydrogens (primary N) is 1. The number of hydrogen-bond donors (Lipinski definition) is 1. The molecule has 0 amide bonds. The highest BCUT2D eigenvalue weighted by molar-refractivity contribution is 7.15. The van der Waals surface area contributed by atoms with Gasteiger partial charge in [-0.25, -0.2) is 4.98 Å². The third kappa shape index (κ3) is 1.72. The summed E-state index contributed by atoms with van der Waals surface area (Å²) in [5, 5.41) is 2.03. The van der Waals surface area contributed by atoms with Gasteiger partial charge in [-0.2, -0.15) is 0 Å². The SMILES string of the molecule is COC1CCN(c2nc3sccn3c2CN)C1. The van der Waals surface area contributed by atoms with Crippen molar-refractivity contribution < 1.29 is 4.74 Å². The number of aromatic nitrogens is 2. The summed E-state index contributed by atoms with van der Waals surface area (Å²) in [6, 6.07) is 0. The molecule has 0 spiro atoms. The number of fused-ring (bicyclic) bond motifs is 1. The molecule has 2 aromatic heterocycles. The molecule has 2 aromatic rings. The zero-order valence-electron chi connectivity index (χ0n) is 9.80. The number of rotatable bonds is 3. The van der Waals surface area contributed by atoms with Gasteiger partial charge in [0.25, 0.3) is 0 Å². The molecule has 0 aliphatic carbocycles. The summed E-state index contributed by atoms with van der Waals surface area (Å²) in [7, 11) is 1.77. The molecule has 0 aromatic carbocycles. The highest BCUT2D eigenvalue weighted by Gasteiger charge is 2.26. The fraction of sp³-hybridized carbons (Fsp3) is 0.545. The molecule has 1 unspecified atom stereocenters. The Labute approximate surface area is 104 Å². The van der Waals surface area contributed by atoms with Gasteiger partial charge in [0, 0.05) is 38.3 Å². The largest absolute Gasteiger partial charge is 0.380 e. The Morgan fingerprint density at radius 1 is 1.65 bits per heavy atom. The molecule has 1 saturated heterocycles. The number of ether oxygens (including phenoxy) is 1. The lowest BCUT2D eigenvalue weighted by molar-refractivity contribution is 0.121. The first kappa shape index (κ1) is 11.0. The number of methoxy groups -OCH3 is 1. The van der Waals surface area contributed by atoms with Gasteiger partial charge in [-0.15, -0.1) is 11.3 Å². The van der Waals surface area contributed by atoms with E-state index in [2.05, 4.69) is 14.3 Å². The molecular weight excluding hydrogens is 236 g/mol. The normalized spacial score (nSPS) is 20.6. The van der Waals surface area contributed by atoms with Gasteiger partial charge >= 0.3 is 0 Å². The summed E-state index contributed by atoms with van der Waals surface area (Å²) < 4.78 is 7.47. The van der Waals surface area contributed by atoms with E-state index in [1.54, 1.807) is 18.4 Å². The number of hydrogen-bond acceptors (Lipinski definition) is 5. The van der Waals surface area contributed by atoms with Gasteiger partial charge in [0.1, 0.15) is 0 Å². The van der Waals surface area contributed by atoms with E-state index in [0.717, 1.165) is 36.0 Å². The predicted octanol–water partition coefficient (Wildman–Crippen LogP) is 1.08. The lowest BCUT2D eigenvalue weighted by atomic mass is 10.3. The zero-order chi connectivity index (χ0) is 11.8. The minimum atomic E-state index is 0.320. The molecule has 0 radical (unpaired) electrons. The fourth-order valence-electron chi connectivity index (χ4n) is 2.38. The molecule has 5 nitrogen and oxygen atoms in total. The average molecular weight is 252 g/mol. The van der Waals surface area contributed by atoms with Gasteiger partial charge in [-0.1, -0.05) is 0 Å². The maximum absolute atomic E-state index is 5.84. The lowest BCUT2D eigenvalue weighted by Gasteiger charge is -2.16. The van der Waals surface area contributed by atoms with E-state index >= 15 is 0 Å². The Balaban J connectivity index is 1.97. The smallest absolute Gasteiger partial charge is 0.195 e. The monoisotopic (exact) mass is 252 g/mol. The average Bonchev–Trinajstić information content (AvgIpc) is 3.02. The topological polar surface area (TPSA) is 55.8 Å². The molecule has 6 heteroatoms. The van der Waals surface area contributed by atoms with E-state index in [1.165, 1.54) is 0 Å². The molecule has 3 rings (SSSR count). The van der Waals surface area contributed by atoms with E-state index in [4.69, 9.17) is 10.5 Å². The highest BCUT2D eigenvalue weighted by atomic mass is 32.1. The van der Waals surface area contributed by atoms with E-state index in [0.29, 0.717) is 12.6 Å². The quantitative estimate of drug-likeness (QED) is 0.888. The Kier molecular flexibility index (Phi) is 2.78. The van der Waals surface area contributed by atoms with Crippen molar-refractivity contribution in [1.29, 1.82) is 0 Å². The van der Waals surface area contributed by atoms with Gasteiger partial charge in [0.2, 0.25) is 0 Å². The van der Waals surface area contributed by atoms with Crippen molar-refractivity contribution in [1.82, 2.24) is 9.38 Å². The van der Waals surface area contributed by atoms with Crippen LogP contribution in [0.1, 0.15) is 12.1 Å². The zero-order valence-corrected chi connectivity index (χ0v) is 10.6. The van der Waals surface area contributed by atoms with Gasteiger partial charge < -0.3 is 15.4 Å². The fourth-order valence-corrected chi connectivity index (χ4v) is 3.11. The summed E-state index contributed by atoms with van der Waals surface area (Å²) in [4.78, 5) is 7.96. The molecule has 3 heterocycles. The summed E-state index contributed by atoms with van der Waals surface area (Å²) in [6.45, 7) is 2.42. The predicted molar refractivity (Wildman–Crippen MR) is 68.6 cm³/mol. The first-order valence-electron chi connectivity index (χ1n) is 5.75. The number of nitrogens with zero attached hydrogens (tertiary/aromatic N) is 3. The van der Waals surface area contributed by atoms with Crippen LogP contribution in [0.3, 0.4) is 0 Å². The Hall–Kier alpha value is -1.11. The van der Waals surface area contributed by atoms with Crippen LogP contribution in [0.15, 0.2) is 11.6 Å². The number of thiazole rings is 1. The summed E-state index contributed by atoms with van der Waals surface area (Å²) in [5.41, 5.74) is 6.94. The summed E-state index contributed by atoms with van der Waals surface area (Å²) in [5.74, 6) is 1.03. The van der Waals surface area contributed by atoms with Gasteiger partial charge in [0.15, 0.2) is 10.8 Å². The molecule has 1 fully saturated rings. The van der Waals surface area contributed by atoms with E-state index in [9.17, 15) is 0 Å². The van der Waals surface area contributed by atoms with Crippen LogP contribution < -0.4 is 10.6 Å². The Bertz CT molecular complexity index is 520. The van der Waals surface area contributed by atoms with Crippen LogP contribution in [0.4, 0.5) is 5.82 Å². The van der Waals surface area contributed by atoms with Gasteiger partial charge in [-0.3, -0.25) is 4.40 Å². The summed E-state index contributed by atoms with van der Waals surface area (Å²) >= 11 is 1.64. The maximum Gasteiger partial charge on any atom is 0.195 e. The van der Waals surface area contributed by atoms with Crippen molar-refractivity contribution in [3.63, 3.8) is 0 Å². The van der Waals surface area contributed by atoms with Crippen molar-refractivity contribution in [3.8, 4) is 0 Å². The van der Waals surface area contributed by atoms with Crippen molar-refractivity contribution in [2.75, 3.05) is 25.1 Å². The Morgan fingerprint density at radius 2 is 2.53 bits per heavy atom. The third-order valence-electron chi connectivity index (χ3n) is 3.31. The van der Waals surface area contributed by atoms with Crippen LogP contribution in [-0.4, -0.2) is 35.7 Å². The molecule has 1 atom stereocenters. The molecule has 17 heavy (non-hydrogen) atoms. The van der Waals surface area contributed by atoms with Crippen molar-refractivity contribution >= 4 is 22.1 Å². The van der Waals surface area contributed by atoms with Crippen molar-refractivity contribution in [2.24, 2.45) is 5.73 Å². The second kappa shape index (κ2) is 4.29. The van der Waals surface area contributed by atoms with E-state index < -0.39 is 0 Å². The molecule has 1 aliphatic rings. The maximum atomic E-state index is 5.84. The molecular formula is C11H16N4OS. The van der Waals surface area contributed by atoms with Crippen LogP contribution in [0, 0.1) is 0 Å². The van der Waals surface area contributed by atoms with Crippen LogP contribution in [0.2, 0.25) is 0 Å². The van der Waals surface area contributed by atoms with E-state index in [1.807, 2.05) is 11.6 Å². The first-order valence-corrected chi connectivity index (χ1v) is 6.63. The van der Waals surface area contributed by atoms with Crippen LogP contribution in [0.25, 0.3) is 4.96 Å². The standard InChI is InChI=1S/C11H16N4OS/c1-16-8-2-3-14(7-8)10-9(6-12)15-4-5-17-11(15)13-10/h4-5,8H,2-3,6-7,12H2,1H3. The van der Waals surface area contributed by atoms with Gasteiger partial charge in [-0.05, 0) is 6.42 Å². The number of anilines is 1. The number of imidazole rings is 1. The third-order valence-corrected chi connectivity index (χ3v) is 4.07. The van der Waals surface area contributed by atoms with Crippen LogP contribution in [0.5, 0.6) is 0 Å². The molecule has 0 bridgehead atoms. The molecule has 2 N–H and O–H groups in total.